The summed E-state index contributed by atoms with van der Waals surface area (Å²) in [5, 5.41) is 0. The number of piperazine rings is 1. The van der Waals surface area contributed by atoms with Crippen molar-refractivity contribution in [2.45, 2.75) is 30.8 Å². The molecule has 20 heavy (non-hydrogen) atoms. The number of likely N-dealkylation sites (N-methyl/N-ethyl adjacent to an activating group) is 1. The second kappa shape index (κ2) is 5.65. The van der Waals surface area contributed by atoms with Gasteiger partial charge in [-0.2, -0.15) is 4.31 Å². The topological polar surface area (TPSA) is 91.6 Å². The van der Waals surface area contributed by atoms with Gasteiger partial charge in [-0.05, 0) is 33.0 Å². The van der Waals surface area contributed by atoms with Crippen LogP contribution in [-0.4, -0.2) is 54.8 Å². The van der Waals surface area contributed by atoms with E-state index in [4.69, 9.17) is 5.84 Å². The molecule has 2 heterocycles. The molecular formula is C12H21N5O2S. The van der Waals surface area contributed by atoms with Gasteiger partial charge in [-0.1, -0.05) is 0 Å². The Kier molecular flexibility index (Phi) is 4.28. The first-order chi connectivity index (χ1) is 9.37. The third-order valence-corrected chi connectivity index (χ3v) is 5.71. The van der Waals surface area contributed by atoms with E-state index in [0.717, 1.165) is 0 Å². The highest BCUT2D eigenvalue weighted by molar-refractivity contribution is 7.89. The molecule has 8 heteroatoms. The summed E-state index contributed by atoms with van der Waals surface area (Å²) in [6.45, 7) is 4.96. The molecule has 1 aliphatic rings. The number of rotatable bonds is 3. The van der Waals surface area contributed by atoms with E-state index in [1.807, 2.05) is 20.9 Å². The van der Waals surface area contributed by atoms with Crippen molar-refractivity contribution in [1.29, 1.82) is 0 Å². The third kappa shape index (κ3) is 2.64. The number of nitrogens with zero attached hydrogens (tertiary/aromatic N) is 3. The van der Waals surface area contributed by atoms with Crippen LogP contribution >= 0.6 is 0 Å². The summed E-state index contributed by atoms with van der Waals surface area (Å²) in [6.07, 6.45) is 1.50. The van der Waals surface area contributed by atoms with Crippen molar-refractivity contribution in [2.24, 2.45) is 5.84 Å². The van der Waals surface area contributed by atoms with E-state index in [0.29, 0.717) is 13.1 Å². The fraction of sp³-hybridized carbons (Fsp3) is 0.583. The number of anilines is 1. The molecule has 7 nitrogen and oxygen atoms in total. The average Bonchev–Trinajstić information content (AvgIpc) is 2.44. The molecule has 0 radical (unpaired) electrons. The fourth-order valence-electron chi connectivity index (χ4n) is 2.40. The fourth-order valence-corrected chi connectivity index (χ4v) is 4.11. The smallest absolute Gasteiger partial charge is 0.246 e. The SMILES string of the molecule is CC1CN(S(=O)(=O)c2cccnc2NN)CC(C)N1C. The average molecular weight is 299 g/mol. The summed E-state index contributed by atoms with van der Waals surface area (Å²) in [7, 11) is -1.58. The van der Waals surface area contributed by atoms with Gasteiger partial charge in [0.2, 0.25) is 10.0 Å². The number of nitrogens with one attached hydrogen (secondary N) is 1. The number of hydrazine groups is 1. The van der Waals surface area contributed by atoms with Gasteiger partial charge in [0.05, 0.1) is 0 Å². The molecule has 1 fully saturated rings. The van der Waals surface area contributed by atoms with E-state index in [1.165, 1.54) is 16.6 Å². The van der Waals surface area contributed by atoms with Crippen molar-refractivity contribution >= 4 is 15.8 Å². The molecule has 0 bridgehead atoms. The zero-order chi connectivity index (χ0) is 14.9. The van der Waals surface area contributed by atoms with Crippen molar-refractivity contribution in [3.05, 3.63) is 18.3 Å². The predicted molar refractivity (Wildman–Crippen MR) is 77.5 cm³/mol. The molecule has 2 rings (SSSR count). The molecule has 0 saturated carbocycles. The minimum absolute atomic E-state index is 0.117. The van der Waals surface area contributed by atoms with Crippen molar-refractivity contribution < 1.29 is 8.42 Å². The number of sulfonamides is 1. The van der Waals surface area contributed by atoms with E-state index in [1.54, 1.807) is 6.07 Å². The molecule has 0 spiro atoms. The first kappa shape index (κ1) is 15.2. The van der Waals surface area contributed by atoms with E-state index >= 15 is 0 Å². The first-order valence-electron chi connectivity index (χ1n) is 6.51. The van der Waals surface area contributed by atoms with Gasteiger partial charge in [0.15, 0.2) is 5.82 Å². The highest BCUT2D eigenvalue weighted by atomic mass is 32.2. The third-order valence-electron chi connectivity index (χ3n) is 3.85. The van der Waals surface area contributed by atoms with Gasteiger partial charge in [0.1, 0.15) is 4.90 Å². The van der Waals surface area contributed by atoms with Gasteiger partial charge in [0.25, 0.3) is 0 Å². The van der Waals surface area contributed by atoms with Crippen LogP contribution in [0.5, 0.6) is 0 Å². The number of nitrogen functional groups attached to an aromatic ring is 1. The quantitative estimate of drug-likeness (QED) is 0.607. The second-order valence-corrected chi connectivity index (χ2v) is 7.09. The van der Waals surface area contributed by atoms with Crippen LogP contribution in [0.2, 0.25) is 0 Å². The van der Waals surface area contributed by atoms with Crippen LogP contribution in [0.15, 0.2) is 23.2 Å². The van der Waals surface area contributed by atoms with E-state index in [2.05, 4.69) is 15.3 Å². The van der Waals surface area contributed by atoms with Crippen LogP contribution in [0.4, 0.5) is 5.82 Å². The summed E-state index contributed by atoms with van der Waals surface area (Å²) < 4.78 is 27.0. The molecule has 0 aromatic carbocycles. The van der Waals surface area contributed by atoms with E-state index < -0.39 is 10.0 Å². The summed E-state index contributed by atoms with van der Waals surface area (Å²) in [5.41, 5.74) is 2.34. The number of hydrogen-bond donors (Lipinski definition) is 2. The molecule has 112 valence electrons. The molecule has 1 aromatic heterocycles. The Bertz CT molecular complexity index is 565. The lowest BCUT2D eigenvalue weighted by Crippen LogP contribution is -2.56. The Morgan fingerprint density at radius 2 is 1.95 bits per heavy atom. The number of pyridine rings is 1. The first-order valence-corrected chi connectivity index (χ1v) is 7.95. The Hall–Kier alpha value is -1.22. The summed E-state index contributed by atoms with van der Waals surface area (Å²) in [4.78, 5) is 6.25. The molecule has 0 aliphatic carbocycles. The lowest BCUT2D eigenvalue weighted by molar-refractivity contribution is 0.105. The van der Waals surface area contributed by atoms with Crippen LogP contribution in [-0.2, 0) is 10.0 Å². The summed E-state index contributed by atoms with van der Waals surface area (Å²) in [6, 6.07) is 3.45. The second-order valence-electron chi connectivity index (χ2n) is 5.18. The molecular weight excluding hydrogens is 278 g/mol. The Morgan fingerprint density at radius 1 is 1.35 bits per heavy atom. The van der Waals surface area contributed by atoms with Gasteiger partial charge < -0.3 is 5.43 Å². The maximum atomic E-state index is 12.7. The van der Waals surface area contributed by atoms with E-state index in [-0.39, 0.29) is 22.8 Å². The summed E-state index contributed by atoms with van der Waals surface area (Å²) in [5.74, 6) is 5.52. The Balaban J connectivity index is 2.36. The number of aromatic nitrogens is 1. The molecule has 1 saturated heterocycles. The highest BCUT2D eigenvalue weighted by Crippen LogP contribution is 2.25. The van der Waals surface area contributed by atoms with Crippen molar-refractivity contribution in [1.82, 2.24) is 14.2 Å². The van der Waals surface area contributed by atoms with Crippen molar-refractivity contribution in [3.8, 4) is 0 Å². The Labute approximate surface area is 119 Å². The lowest BCUT2D eigenvalue weighted by Gasteiger charge is -2.41. The van der Waals surface area contributed by atoms with Gasteiger partial charge in [-0.15, -0.1) is 0 Å². The van der Waals surface area contributed by atoms with Crippen LogP contribution in [0.1, 0.15) is 13.8 Å². The van der Waals surface area contributed by atoms with Crippen LogP contribution < -0.4 is 11.3 Å². The zero-order valence-electron chi connectivity index (χ0n) is 11.9. The Morgan fingerprint density at radius 3 is 2.50 bits per heavy atom. The maximum absolute atomic E-state index is 12.7. The van der Waals surface area contributed by atoms with Gasteiger partial charge in [-0.3, -0.25) is 4.90 Å². The summed E-state index contributed by atoms with van der Waals surface area (Å²) >= 11 is 0. The van der Waals surface area contributed by atoms with Crippen LogP contribution in [0.3, 0.4) is 0 Å². The largest absolute Gasteiger partial charge is 0.307 e. The van der Waals surface area contributed by atoms with Crippen LogP contribution in [0.25, 0.3) is 0 Å². The number of nitrogens with two attached hydrogens (primary N) is 1. The molecule has 3 N–H and O–H groups in total. The standard InChI is InChI=1S/C12H21N5O2S/c1-9-7-17(8-10(2)16(9)3)20(18,19)11-5-4-6-14-12(11)15-13/h4-6,9-10H,7-8,13H2,1-3H3,(H,14,15). The van der Waals surface area contributed by atoms with Gasteiger partial charge in [0, 0.05) is 31.4 Å². The molecule has 1 aliphatic heterocycles. The van der Waals surface area contributed by atoms with Gasteiger partial charge in [-0.25, -0.2) is 19.2 Å². The minimum Gasteiger partial charge on any atom is -0.307 e. The molecule has 2 atom stereocenters. The number of hydrogen-bond acceptors (Lipinski definition) is 6. The highest BCUT2D eigenvalue weighted by Gasteiger charge is 2.35. The maximum Gasteiger partial charge on any atom is 0.246 e. The molecule has 0 amide bonds. The molecule has 2 unspecified atom stereocenters. The zero-order valence-corrected chi connectivity index (χ0v) is 12.8. The minimum atomic E-state index is -3.59. The van der Waals surface area contributed by atoms with Crippen molar-refractivity contribution in [2.75, 3.05) is 25.6 Å². The van der Waals surface area contributed by atoms with E-state index in [9.17, 15) is 8.42 Å². The normalized spacial score (nSPS) is 25.6. The van der Waals surface area contributed by atoms with Crippen LogP contribution in [0, 0.1) is 0 Å². The lowest BCUT2D eigenvalue weighted by atomic mass is 10.1. The van der Waals surface area contributed by atoms with Crippen molar-refractivity contribution in [3.63, 3.8) is 0 Å². The monoisotopic (exact) mass is 299 g/mol. The molecule has 1 aromatic rings. The predicted octanol–water partition coefficient (Wildman–Crippen LogP) is 0.0803. The van der Waals surface area contributed by atoms with Gasteiger partial charge >= 0.3 is 0 Å².